The fraction of sp³-hybridized carbons (Fsp3) is 0.471. The standard InChI is InChI=1S/C17H20FN3O4S/c1-11-8-12(2-3-14(11)18)9-19-17(23)15-4-5-16(22)21(20-15)13-6-7-26(24,25)10-13/h2-3,8,13H,4-7,9-10H2,1H3,(H,19,23). The van der Waals surface area contributed by atoms with Crippen LogP contribution in [0, 0.1) is 12.7 Å². The molecule has 2 aliphatic heterocycles. The zero-order valence-electron chi connectivity index (χ0n) is 14.4. The number of sulfone groups is 1. The third-order valence-corrected chi connectivity index (χ3v) is 6.30. The number of rotatable bonds is 4. The quantitative estimate of drug-likeness (QED) is 0.839. The van der Waals surface area contributed by atoms with E-state index in [0.717, 1.165) is 10.6 Å². The minimum atomic E-state index is -3.15. The Balaban J connectivity index is 1.67. The largest absolute Gasteiger partial charge is 0.347 e. The molecule has 1 fully saturated rings. The average molecular weight is 381 g/mol. The Bertz CT molecular complexity index is 882. The number of hydrazone groups is 1. The lowest BCUT2D eigenvalue weighted by molar-refractivity contribution is -0.133. The Morgan fingerprint density at radius 2 is 2.15 bits per heavy atom. The van der Waals surface area contributed by atoms with Crippen molar-refractivity contribution in [2.45, 2.75) is 38.8 Å². The van der Waals surface area contributed by atoms with Crippen LogP contribution in [0.1, 0.15) is 30.4 Å². The van der Waals surface area contributed by atoms with E-state index >= 15 is 0 Å². The molecule has 1 saturated heterocycles. The molecule has 1 N–H and O–H groups in total. The highest BCUT2D eigenvalue weighted by Crippen LogP contribution is 2.22. The Morgan fingerprint density at radius 3 is 2.81 bits per heavy atom. The topological polar surface area (TPSA) is 95.9 Å². The van der Waals surface area contributed by atoms with Crippen molar-refractivity contribution in [3.05, 3.63) is 35.1 Å². The molecule has 2 heterocycles. The van der Waals surface area contributed by atoms with Gasteiger partial charge in [0.2, 0.25) is 5.91 Å². The second kappa shape index (κ2) is 7.14. The highest BCUT2D eigenvalue weighted by Gasteiger charge is 2.37. The molecule has 1 unspecified atom stereocenters. The zero-order valence-corrected chi connectivity index (χ0v) is 15.2. The van der Waals surface area contributed by atoms with Gasteiger partial charge in [-0.3, -0.25) is 9.59 Å². The van der Waals surface area contributed by atoms with Gasteiger partial charge in [-0.15, -0.1) is 0 Å². The van der Waals surface area contributed by atoms with E-state index in [-0.39, 0.29) is 48.3 Å². The van der Waals surface area contributed by atoms with Crippen molar-refractivity contribution < 1.29 is 22.4 Å². The van der Waals surface area contributed by atoms with Crippen molar-refractivity contribution in [3.8, 4) is 0 Å². The molecular formula is C17H20FN3O4S. The summed E-state index contributed by atoms with van der Waals surface area (Å²) in [5, 5.41) is 7.99. The maximum absolute atomic E-state index is 13.3. The van der Waals surface area contributed by atoms with Gasteiger partial charge < -0.3 is 5.32 Å². The third-order valence-electron chi connectivity index (χ3n) is 4.55. The van der Waals surface area contributed by atoms with Gasteiger partial charge >= 0.3 is 0 Å². The van der Waals surface area contributed by atoms with Crippen LogP contribution in [-0.4, -0.2) is 48.5 Å². The number of halogens is 1. The maximum Gasteiger partial charge on any atom is 0.267 e. The number of nitrogens with one attached hydrogen (secondary N) is 1. The molecule has 9 heteroatoms. The number of amides is 2. The van der Waals surface area contributed by atoms with Crippen molar-refractivity contribution in [2.75, 3.05) is 11.5 Å². The lowest BCUT2D eigenvalue weighted by Gasteiger charge is -2.27. The monoisotopic (exact) mass is 381 g/mol. The van der Waals surface area contributed by atoms with E-state index < -0.39 is 21.8 Å². The molecule has 140 valence electrons. The van der Waals surface area contributed by atoms with Gasteiger partial charge in [-0.2, -0.15) is 5.10 Å². The predicted octanol–water partition coefficient (Wildman–Crippen LogP) is 0.916. The summed E-state index contributed by atoms with van der Waals surface area (Å²) in [6.45, 7) is 1.86. The molecule has 0 spiro atoms. The second-order valence-electron chi connectivity index (χ2n) is 6.61. The van der Waals surface area contributed by atoms with Crippen LogP contribution in [0.5, 0.6) is 0 Å². The van der Waals surface area contributed by atoms with Crippen LogP contribution in [0.2, 0.25) is 0 Å². The molecular weight excluding hydrogens is 361 g/mol. The van der Waals surface area contributed by atoms with Gasteiger partial charge in [0.15, 0.2) is 9.84 Å². The van der Waals surface area contributed by atoms with Crippen LogP contribution >= 0.6 is 0 Å². The van der Waals surface area contributed by atoms with Crippen molar-refractivity contribution >= 4 is 27.4 Å². The highest BCUT2D eigenvalue weighted by molar-refractivity contribution is 7.91. The van der Waals surface area contributed by atoms with Gasteiger partial charge in [0.1, 0.15) is 11.5 Å². The number of aryl methyl sites for hydroxylation is 1. The van der Waals surface area contributed by atoms with Gasteiger partial charge in [0.25, 0.3) is 5.91 Å². The molecule has 1 aromatic rings. The maximum atomic E-state index is 13.3. The van der Waals surface area contributed by atoms with E-state index in [0.29, 0.717) is 12.0 Å². The minimum absolute atomic E-state index is 0.0302. The number of hydrogen-bond donors (Lipinski definition) is 1. The summed E-state index contributed by atoms with van der Waals surface area (Å²) in [5.74, 6) is -1.07. The molecule has 0 bridgehead atoms. The number of carbonyl (C=O) groups excluding carboxylic acids is 2. The summed E-state index contributed by atoms with van der Waals surface area (Å²) in [6.07, 6.45) is 0.670. The number of nitrogens with zero attached hydrogens (tertiary/aromatic N) is 2. The van der Waals surface area contributed by atoms with E-state index in [2.05, 4.69) is 10.4 Å². The van der Waals surface area contributed by atoms with Crippen molar-refractivity contribution in [1.82, 2.24) is 10.3 Å². The number of carbonyl (C=O) groups is 2. The number of hydrogen-bond acceptors (Lipinski definition) is 5. The van der Waals surface area contributed by atoms with E-state index in [1.807, 2.05) is 0 Å². The lowest BCUT2D eigenvalue weighted by atomic mass is 10.1. The Labute approximate surface area is 151 Å². The fourth-order valence-electron chi connectivity index (χ4n) is 3.09. The first-order valence-corrected chi connectivity index (χ1v) is 10.2. The molecule has 2 aliphatic rings. The molecule has 0 radical (unpaired) electrons. The third kappa shape index (κ3) is 4.09. The van der Waals surface area contributed by atoms with Crippen molar-refractivity contribution in [2.24, 2.45) is 5.10 Å². The first kappa shape index (κ1) is 18.5. The zero-order chi connectivity index (χ0) is 18.9. The molecule has 2 amide bonds. The Hall–Kier alpha value is -2.29. The summed E-state index contributed by atoms with van der Waals surface area (Å²) in [4.78, 5) is 24.4. The summed E-state index contributed by atoms with van der Waals surface area (Å²) >= 11 is 0. The predicted molar refractivity (Wildman–Crippen MR) is 93.6 cm³/mol. The van der Waals surface area contributed by atoms with E-state index in [1.165, 1.54) is 6.07 Å². The second-order valence-corrected chi connectivity index (χ2v) is 8.84. The molecule has 0 aromatic heterocycles. The van der Waals surface area contributed by atoms with Gasteiger partial charge in [-0.05, 0) is 30.5 Å². The van der Waals surface area contributed by atoms with E-state index in [1.54, 1.807) is 19.1 Å². The molecule has 0 saturated carbocycles. The molecule has 0 aliphatic carbocycles. The van der Waals surface area contributed by atoms with Crippen LogP contribution in [0.4, 0.5) is 4.39 Å². The summed E-state index contributed by atoms with van der Waals surface area (Å²) in [7, 11) is -3.15. The Kier molecular flexibility index (Phi) is 5.08. The van der Waals surface area contributed by atoms with Crippen molar-refractivity contribution in [1.29, 1.82) is 0 Å². The van der Waals surface area contributed by atoms with Crippen molar-refractivity contribution in [3.63, 3.8) is 0 Å². The molecule has 3 rings (SSSR count). The van der Waals surface area contributed by atoms with E-state index in [9.17, 15) is 22.4 Å². The van der Waals surface area contributed by atoms with Crippen LogP contribution in [0.25, 0.3) is 0 Å². The highest BCUT2D eigenvalue weighted by atomic mass is 32.2. The summed E-state index contributed by atoms with van der Waals surface area (Å²) < 4.78 is 36.5. The number of benzene rings is 1. The first-order valence-electron chi connectivity index (χ1n) is 8.38. The van der Waals surface area contributed by atoms with E-state index in [4.69, 9.17) is 0 Å². The first-order chi connectivity index (χ1) is 12.2. The SMILES string of the molecule is Cc1cc(CNC(=O)C2=NN(C3CCS(=O)(=O)C3)C(=O)CC2)ccc1F. The molecule has 7 nitrogen and oxygen atoms in total. The van der Waals surface area contributed by atoms with Crippen LogP contribution in [0.15, 0.2) is 23.3 Å². The Morgan fingerprint density at radius 1 is 1.38 bits per heavy atom. The van der Waals surface area contributed by atoms with Crippen LogP contribution in [0.3, 0.4) is 0 Å². The van der Waals surface area contributed by atoms with Gasteiger partial charge in [0, 0.05) is 19.4 Å². The fourth-order valence-corrected chi connectivity index (χ4v) is 4.78. The van der Waals surface area contributed by atoms with Crippen LogP contribution in [-0.2, 0) is 26.0 Å². The van der Waals surface area contributed by atoms with Gasteiger partial charge in [-0.25, -0.2) is 17.8 Å². The normalized spacial score (nSPS) is 22.2. The molecule has 26 heavy (non-hydrogen) atoms. The smallest absolute Gasteiger partial charge is 0.267 e. The van der Waals surface area contributed by atoms with Gasteiger partial charge in [0.05, 0.1) is 17.5 Å². The summed E-state index contributed by atoms with van der Waals surface area (Å²) in [5.41, 5.74) is 1.45. The average Bonchev–Trinajstić information content (AvgIpc) is 2.96. The summed E-state index contributed by atoms with van der Waals surface area (Å²) in [6, 6.07) is 4.08. The van der Waals surface area contributed by atoms with Crippen LogP contribution < -0.4 is 5.32 Å². The lowest BCUT2D eigenvalue weighted by Crippen LogP contribution is -2.43. The minimum Gasteiger partial charge on any atom is -0.347 e. The molecule has 1 aromatic carbocycles. The van der Waals surface area contributed by atoms with Gasteiger partial charge in [-0.1, -0.05) is 12.1 Å². The molecule has 1 atom stereocenters.